The van der Waals surface area contributed by atoms with Crippen LogP contribution in [-0.4, -0.2) is 15.4 Å². The zero-order valence-electron chi connectivity index (χ0n) is 10.7. The van der Waals surface area contributed by atoms with Crippen molar-refractivity contribution < 1.29 is 9.72 Å². The van der Waals surface area contributed by atoms with Crippen molar-refractivity contribution in [3.63, 3.8) is 0 Å². The van der Waals surface area contributed by atoms with E-state index in [4.69, 9.17) is 11.6 Å². The van der Waals surface area contributed by atoms with Gasteiger partial charge in [-0.1, -0.05) is 17.7 Å². The fourth-order valence-corrected chi connectivity index (χ4v) is 2.06. The van der Waals surface area contributed by atoms with Gasteiger partial charge in [0.2, 0.25) is 0 Å². The fourth-order valence-electron chi connectivity index (χ4n) is 1.78. The minimum atomic E-state index is -0.615. The van der Waals surface area contributed by atoms with E-state index in [1.807, 2.05) is 29.9 Å². The predicted octanol–water partition coefficient (Wildman–Crippen LogP) is 2.52. The van der Waals surface area contributed by atoms with Crippen molar-refractivity contribution in [1.82, 2.24) is 9.88 Å². The van der Waals surface area contributed by atoms with Crippen molar-refractivity contribution in [3.8, 4) is 0 Å². The maximum atomic E-state index is 12.0. The molecule has 1 aromatic carbocycles. The first-order valence-corrected chi connectivity index (χ1v) is 6.20. The van der Waals surface area contributed by atoms with Gasteiger partial charge in [0.05, 0.1) is 17.0 Å². The molecule has 6 nitrogen and oxygen atoms in total. The second-order valence-electron chi connectivity index (χ2n) is 4.19. The van der Waals surface area contributed by atoms with Crippen LogP contribution < -0.4 is 5.32 Å². The van der Waals surface area contributed by atoms with Gasteiger partial charge in [-0.2, -0.15) is 0 Å². The quantitative estimate of drug-likeness (QED) is 0.695. The predicted molar refractivity (Wildman–Crippen MR) is 74.7 cm³/mol. The van der Waals surface area contributed by atoms with Crippen LogP contribution in [0.1, 0.15) is 16.1 Å². The summed E-state index contributed by atoms with van der Waals surface area (Å²) in [5.41, 5.74) is 0.730. The summed E-state index contributed by atoms with van der Waals surface area (Å²) in [7, 11) is 1.86. The Kier molecular flexibility index (Phi) is 4.05. The standard InChI is InChI=1S/C13H12ClN3O3/c1-16-7-3-4-9(16)8-15-13(18)10-5-2-6-11(12(10)14)17(19)20/h2-7H,8H2,1H3,(H,15,18). The van der Waals surface area contributed by atoms with Gasteiger partial charge in [0.15, 0.2) is 0 Å². The number of aromatic nitrogens is 1. The number of benzene rings is 1. The molecular weight excluding hydrogens is 282 g/mol. The lowest BCUT2D eigenvalue weighted by molar-refractivity contribution is -0.384. The summed E-state index contributed by atoms with van der Waals surface area (Å²) in [5.74, 6) is -0.445. The van der Waals surface area contributed by atoms with E-state index < -0.39 is 10.8 Å². The third-order valence-electron chi connectivity index (χ3n) is 2.90. The SMILES string of the molecule is Cn1cccc1CNC(=O)c1cccc([N+](=O)[O-])c1Cl. The molecule has 0 unspecified atom stereocenters. The Morgan fingerprint density at radius 1 is 1.40 bits per heavy atom. The maximum absolute atomic E-state index is 12.0. The first-order chi connectivity index (χ1) is 9.50. The van der Waals surface area contributed by atoms with Gasteiger partial charge in [-0.05, 0) is 18.2 Å². The van der Waals surface area contributed by atoms with Crippen molar-refractivity contribution in [2.45, 2.75) is 6.54 Å². The number of carbonyl (C=O) groups excluding carboxylic acids is 1. The number of nitro groups is 1. The normalized spacial score (nSPS) is 10.3. The monoisotopic (exact) mass is 293 g/mol. The summed E-state index contributed by atoms with van der Waals surface area (Å²) in [5, 5.41) is 13.3. The first kappa shape index (κ1) is 14.1. The van der Waals surface area contributed by atoms with Gasteiger partial charge in [-0.25, -0.2) is 0 Å². The molecule has 0 spiro atoms. The molecule has 0 saturated carbocycles. The highest BCUT2D eigenvalue weighted by atomic mass is 35.5. The number of aryl methyl sites for hydroxylation is 1. The summed E-state index contributed by atoms with van der Waals surface area (Å²) in [6.07, 6.45) is 1.86. The maximum Gasteiger partial charge on any atom is 0.288 e. The lowest BCUT2D eigenvalue weighted by Gasteiger charge is -2.07. The molecule has 0 fully saturated rings. The van der Waals surface area contributed by atoms with Crippen molar-refractivity contribution in [3.05, 3.63) is 62.9 Å². The third kappa shape index (κ3) is 2.80. The van der Waals surface area contributed by atoms with E-state index in [2.05, 4.69) is 5.32 Å². The van der Waals surface area contributed by atoms with E-state index in [1.54, 1.807) is 0 Å². The van der Waals surface area contributed by atoms with Gasteiger partial charge < -0.3 is 9.88 Å². The largest absolute Gasteiger partial charge is 0.353 e. The van der Waals surface area contributed by atoms with Gasteiger partial charge >= 0.3 is 0 Å². The molecule has 0 radical (unpaired) electrons. The Labute approximate surface area is 120 Å². The van der Waals surface area contributed by atoms with E-state index in [-0.39, 0.29) is 16.3 Å². The summed E-state index contributed by atoms with van der Waals surface area (Å²) in [6.45, 7) is 0.321. The smallest absolute Gasteiger partial charge is 0.288 e. The minimum Gasteiger partial charge on any atom is -0.353 e. The first-order valence-electron chi connectivity index (χ1n) is 5.82. The van der Waals surface area contributed by atoms with Crippen LogP contribution in [0.5, 0.6) is 0 Å². The van der Waals surface area contributed by atoms with Crippen LogP contribution in [0, 0.1) is 10.1 Å². The molecule has 0 aliphatic rings. The number of amides is 1. The second-order valence-corrected chi connectivity index (χ2v) is 4.57. The third-order valence-corrected chi connectivity index (χ3v) is 3.30. The highest BCUT2D eigenvalue weighted by Gasteiger charge is 2.19. The molecule has 0 saturated heterocycles. The fraction of sp³-hybridized carbons (Fsp3) is 0.154. The molecule has 20 heavy (non-hydrogen) atoms. The molecule has 1 N–H and O–H groups in total. The number of rotatable bonds is 4. The van der Waals surface area contributed by atoms with Gasteiger partial charge in [-0.3, -0.25) is 14.9 Å². The van der Waals surface area contributed by atoms with Crippen molar-refractivity contribution in [2.24, 2.45) is 7.05 Å². The average Bonchev–Trinajstić information content (AvgIpc) is 2.81. The van der Waals surface area contributed by atoms with Gasteiger partial charge in [0.1, 0.15) is 5.02 Å². The van der Waals surface area contributed by atoms with E-state index in [0.717, 1.165) is 5.69 Å². The van der Waals surface area contributed by atoms with E-state index >= 15 is 0 Å². The molecule has 0 bridgehead atoms. The van der Waals surface area contributed by atoms with E-state index in [9.17, 15) is 14.9 Å². The molecular formula is C13H12ClN3O3. The summed E-state index contributed by atoms with van der Waals surface area (Å²) in [6, 6.07) is 7.88. The van der Waals surface area contributed by atoms with E-state index in [0.29, 0.717) is 6.54 Å². The van der Waals surface area contributed by atoms with Gasteiger partial charge in [-0.15, -0.1) is 0 Å². The molecule has 2 aromatic rings. The average molecular weight is 294 g/mol. The Morgan fingerprint density at radius 3 is 2.75 bits per heavy atom. The van der Waals surface area contributed by atoms with Crippen LogP contribution >= 0.6 is 11.6 Å². The minimum absolute atomic E-state index is 0.0927. The molecule has 1 heterocycles. The molecule has 7 heteroatoms. The molecule has 2 rings (SSSR count). The number of hydrogen-bond acceptors (Lipinski definition) is 3. The number of carbonyl (C=O) groups is 1. The molecule has 1 aromatic heterocycles. The Bertz CT molecular complexity index is 667. The summed E-state index contributed by atoms with van der Waals surface area (Å²) < 4.78 is 1.87. The highest BCUT2D eigenvalue weighted by molar-refractivity contribution is 6.35. The number of halogens is 1. The zero-order valence-corrected chi connectivity index (χ0v) is 11.4. The van der Waals surface area contributed by atoms with Crippen LogP contribution in [0.4, 0.5) is 5.69 Å². The molecule has 0 atom stereocenters. The second kappa shape index (κ2) is 5.75. The zero-order chi connectivity index (χ0) is 14.7. The topological polar surface area (TPSA) is 77.2 Å². The number of hydrogen-bond donors (Lipinski definition) is 1. The van der Waals surface area contributed by atoms with Gasteiger partial charge in [0.25, 0.3) is 11.6 Å². The molecule has 104 valence electrons. The van der Waals surface area contributed by atoms with Crippen LogP contribution in [0.3, 0.4) is 0 Å². The van der Waals surface area contributed by atoms with Crippen molar-refractivity contribution in [1.29, 1.82) is 0 Å². The van der Waals surface area contributed by atoms with Gasteiger partial charge in [0, 0.05) is 25.0 Å². The lowest BCUT2D eigenvalue weighted by Crippen LogP contribution is -2.24. The number of nitrogens with zero attached hydrogens (tertiary/aromatic N) is 2. The Morgan fingerprint density at radius 2 is 2.15 bits per heavy atom. The molecule has 0 aliphatic heterocycles. The van der Waals surface area contributed by atoms with E-state index in [1.165, 1.54) is 18.2 Å². The highest BCUT2D eigenvalue weighted by Crippen LogP contribution is 2.27. The number of nitro benzene ring substituents is 1. The number of nitrogens with one attached hydrogen (secondary N) is 1. The lowest BCUT2D eigenvalue weighted by atomic mass is 10.2. The van der Waals surface area contributed by atoms with Crippen LogP contribution in [-0.2, 0) is 13.6 Å². The summed E-state index contributed by atoms with van der Waals surface area (Å²) in [4.78, 5) is 22.2. The van der Waals surface area contributed by atoms with Crippen molar-refractivity contribution >= 4 is 23.2 Å². The van der Waals surface area contributed by atoms with Crippen LogP contribution in [0.2, 0.25) is 5.02 Å². The Balaban J connectivity index is 2.16. The summed E-state index contributed by atoms with van der Waals surface area (Å²) >= 11 is 5.88. The Hall–Kier alpha value is -2.34. The van der Waals surface area contributed by atoms with Crippen molar-refractivity contribution in [2.75, 3.05) is 0 Å². The van der Waals surface area contributed by atoms with Crippen LogP contribution in [0.25, 0.3) is 0 Å². The molecule has 0 aliphatic carbocycles. The van der Waals surface area contributed by atoms with Crippen LogP contribution in [0.15, 0.2) is 36.5 Å². The molecule has 1 amide bonds.